The molecule has 0 aliphatic heterocycles. The molecule has 19 heavy (non-hydrogen) atoms. The van der Waals surface area contributed by atoms with E-state index in [1.807, 2.05) is 13.0 Å². The van der Waals surface area contributed by atoms with Gasteiger partial charge in [0, 0.05) is 13.2 Å². The number of hydrogen-bond donors (Lipinski definition) is 2. The molecule has 1 rings (SSSR count). The van der Waals surface area contributed by atoms with Crippen molar-refractivity contribution in [2.24, 2.45) is 0 Å². The highest BCUT2D eigenvalue weighted by Crippen LogP contribution is 2.15. The van der Waals surface area contributed by atoms with Gasteiger partial charge in [-0.15, -0.1) is 0 Å². The van der Waals surface area contributed by atoms with Crippen LogP contribution in [-0.4, -0.2) is 39.9 Å². The van der Waals surface area contributed by atoms with Crippen LogP contribution in [-0.2, 0) is 14.8 Å². The van der Waals surface area contributed by atoms with E-state index < -0.39 is 10.0 Å². The van der Waals surface area contributed by atoms with Crippen molar-refractivity contribution in [3.05, 3.63) is 29.3 Å². The summed E-state index contributed by atoms with van der Waals surface area (Å²) in [5, 5.41) is 8.52. The Balaban J connectivity index is 2.52. The minimum Gasteiger partial charge on any atom is -0.394 e. The Labute approximate surface area is 114 Å². The molecule has 0 fully saturated rings. The molecule has 0 saturated carbocycles. The second kappa shape index (κ2) is 7.59. The van der Waals surface area contributed by atoms with Gasteiger partial charge in [0.05, 0.1) is 18.1 Å². The van der Waals surface area contributed by atoms with Gasteiger partial charge in [0.2, 0.25) is 10.0 Å². The fourth-order valence-electron chi connectivity index (χ4n) is 1.73. The maximum atomic E-state index is 12.1. The Hall–Kier alpha value is -0.950. The van der Waals surface area contributed by atoms with Crippen molar-refractivity contribution in [3.63, 3.8) is 0 Å². The van der Waals surface area contributed by atoms with Crippen molar-refractivity contribution in [1.82, 2.24) is 4.72 Å². The number of aliphatic hydroxyl groups excluding tert-OH is 1. The summed E-state index contributed by atoms with van der Waals surface area (Å²) in [6.45, 7) is 4.72. The van der Waals surface area contributed by atoms with Crippen molar-refractivity contribution in [1.29, 1.82) is 0 Å². The third-order valence-corrected chi connectivity index (χ3v) is 4.23. The Morgan fingerprint density at radius 3 is 2.63 bits per heavy atom. The summed E-state index contributed by atoms with van der Waals surface area (Å²) >= 11 is 0. The molecule has 6 heteroatoms. The summed E-state index contributed by atoms with van der Waals surface area (Å²) in [5.41, 5.74) is 1.78. The van der Waals surface area contributed by atoms with E-state index in [1.54, 1.807) is 19.1 Å². The van der Waals surface area contributed by atoms with Crippen LogP contribution in [0, 0.1) is 13.8 Å². The van der Waals surface area contributed by atoms with Crippen molar-refractivity contribution < 1.29 is 18.3 Å². The summed E-state index contributed by atoms with van der Waals surface area (Å²) in [5.74, 6) is 0. The van der Waals surface area contributed by atoms with Crippen LogP contribution in [0.15, 0.2) is 23.1 Å². The molecule has 0 aliphatic carbocycles. The summed E-state index contributed by atoms with van der Waals surface area (Å²) in [7, 11) is -3.46. The van der Waals surface area contributed by atoms with Crippen molar-refractivity contribution in [2.75, 3.05) is 26.4 Å². The minimum atomic E-state index is -3.46. The maximum Gasteiger partial charge on any atom is 0.240 e. The molecule has 0 amide bonds. The Bertz CT molecular complexity index is 499. The molecule has 5 nitrogen and oxygen atoms in total. The smallest absolute Gasteiger partial charge is 0.240 e. The number of aryl methyl sites for hydroxylation is 2. The predicted molar refractivity (Wildman–Crippen MR) is 73.6 cm³/mol. The van der Waals surface area contributed by atoms with Crippen LogP contribution >= 0.6 is 0 Å². The van der Waals surface area contributed by atoms with Gasteiger partial charge < -0.3 is 9.84 Å². The third-order valence-electron chi connectivity index (χ3n) is 2.61. The SMILES string of the molecule is Cc1ccc(S(=O)(=O)NCCCOCCO)c(C)c1. The van der Waals surface area contributed by atoms with Gasteiger partial charge in [0.15, 0.2) is 0 Å². The van der Waals surface area contributed by atoms with Gasteiger partial charge in [-0.05, 0) is 31.9 Å². The average molecular weight is 287 g/mol. The van der Waals surface area contributed by atoms with Gasteiger partial charge in [-0.2, -0.15) is 0 Å². The Morgan fingerprint density at radius 2 is 2.00 bits per heavy atom. The molecule has 0 aliphatic rings. The van der Waals surface area contributed by atoms with E-state index in [2.05, 4.69) is 4.72 Å². The summed E-state index contributed by atoms with van der Waals surface area (Å²) in [6, 6.07) is 5.25. The van der Waals surface area contributed by atoms with Gasteiger partial charge in [-0.25, -0.2) is 13.1 Å². The molecule has 0 radical (unpaired) electrons. The second-order valence-corrected chi connectivity index (χ2v) is 6.09. The summed E-state index contributed by atoms with van der Waals surface area (Å²) in [4.78, 5) is 0.314. The first-order chi connectivity index (χ1) is 8.97. The van der Waals surface area contributed by atoms with Crippen LogP contribution in [0.1, 0.15) is 17.5 Å². The number of rotatable bonds is 8. The second-order valence-electron chi connectivity index (χ2n) is 4.36. The van der Waals surface area contributed by atoms with E-state index in [9.17, 15) is 8.42 Å². The van der Waals surface area contributed by atoms with E-state index in [0.29, 0.717) is 24.5 Å². The minimum absolute atomic E-state index is 0.0196. The zero-order chi connectivity index (χ0) is 14.3. The Morgan fingerprint density at radius 1 is 1.26 bits per heavy atom. The molecule has 1 aromatic carbocycles. The number of aliphatic hydroxyl groups is 1. The van der Waals surface area contributed by atoms with Crippen molar-refractivity contribution >= 4 is 10.0 Å². The molecule has 0 bridgehead atoms. The van der Waals surface area contributed by atoms with Crippen LogP contribution in [0.3, 0.4) is 0 Å². The zero-order valence-corrected chi connectivity index (χ0v) is 12.2. The third kappa shape index (κ3) is 5.28. The molecule has 0 heterocycles. The molecule has 0 spiro atoms. The normalized spacial score (nSPS) is 11.7. The first-order valence-electron chi connectivity index (χ1n) is 6.23. The van der Waals surface area contributed by atoms with Gasteiger partial charge in [0.1, 0.15) is 0 Å². The van der Waals surface area contributed by atoms with Crippen molar-refractivity contribution in [3.8, 4) is 0 Å². The lowest BCUT2D eigenvalue weighted by Crippen LogP contribution is -2.26. The predicted octanol–water partition coefficient (Wildman–Crippen LogP) is 0.981. The first kappa shape index (κ1) is 16.1. The molecule has 108 valence electrons. The number of benzene rings is 1. The monoisotopic (exact) mass is 287 g/mol. The van der Waals surface area contributed by atoms with E-state index in [1.165, 1.54) is 0 Å². The number of hydrogen-bond acceptors (Lipinski definition) is 4. The lowest BCUT2D eigenvalue weighted by Gasteiger charge is -2.10. The highest BCUT2D eigenvalue weighted by atomic mass is 32.2. The van der Waals surface area contributed by atoms with Crippen LogP contribution in [0.5, 0.6) is 0 Å². The number of ether oxygens (including phenoxy) is 1. The standard InChI is InChI=1S/C13H21NO4S/c1-11-4-5-13(12(2)10-11)19(16,17)14-6-3-8-18-9-7-15/h4-5,10,14-15H,3,6-9H2,1-2H3. The van der Waals surface area contributed by atoms with Crippen LogP contribution in [0.4, 0.5) is 0 Å². The molecule has 0 aromatic heterocycles. The molecule has 2 N–H and O–H groups in total. The average Bonchev–Trinajstić information content (AvgIpc) is 2.33. The molecule has 1 aromatic rings. The molecular formula is C13H21NO4S. The number of nitrogens with one attached hydrogen (secondary N) is 1. The fourth-order valence-corrected chi connectivity index (χ4v) is 3.02. The Kier molecular flexibility index (Phi) is 6.44. The highest BCUT2D eigenvalue weighted by molar-refractivity contribution is 7.89. The zero-order valence-electron chi connectivity index (χ0n) is 11.3. The first-order valence-corrected chi connectivity index (χ1v) is 7.71. The molecular weight excluding hydrogens is 266 g/mol. The summed E-state index contributed by atoms with van der Waals surface area (Å²) in [6.07, 6.45) is 0.574. The van der Waals surface area contributed by atoms with Crippen LogP contribution in [0.2, 0.25) is 0 Å². The quantitative estimate of drug-likeness (QED) is 0.699. The van der Waals surface area contributed by atoms with E-state index in [0.717, 1.165) is 11.1 Å². The van der Waals surface area contributed by atoms with E-state index >= 15 is 0 Å². The highest BCUT2D eigenvalue weighted by Gasteiger charge is 2.15. The van der Waals surface area contributed by atoms with Crippen molar-refractivity contribution in [2.45, 2.75) is 25.2 Å². The number of sulfonamides is 1. The topological polar surface area (TPSA) is 75.6 Å². The molecule has 0 unspecified atom stereocenters. The largest absolute Gasteiger partial charge is 0.394 e. The lowest BCUT2D eigenvalue weighted by atomic mass is 10.2. The van der Waals surface area contributed by atoms with Crippen LogP contribution in [0.25, 0.3) is 0 Å². The molecule has 0 saturated heterocycles. The van der Waals surface area contributed by atoms with Gasteiger partial charge >= 0.3 is 0 Å². The summed E-state index contributed by atoms with van der Waals surface area (Å²) < 4.78 is 31.7. The van der Waals surface area contributed by atoms with E-state index in [-0.39, 0.29) is 13.2 Å². The van der Waals surface area contributed by atoms with Gasteiger partial charge in [0.25, 0.3) is 0 Å². The van der Waals surface area contributed by atoms with Crippen LogP contribution < -0.4 is 4.72 Å². The van der Waals surface area contributed by atoms with Gasteiger partial charge in [-0.3, -0.25) is 0 Å². The van der Waals surface area contributed by atoms with Gasteiger partial charge in [-0.1, -0.05) is 17.7 Å². The van der Waals surface area contributed by atoms with E-state index in [4.69, 9.17) is 9.84 Å². The fraction of sp³-hybridized carbons (Fsp3) is 0.538. The lowest BCUT2D eigenvalue weighted by molar-refractivity contribution is 0.0913. The maximum absolute atomic E-state index is 12.1. The molecule has 0 atom stereocenters.